The van der Waals surface area contributed by atoms with Gasteiger partial charge in [-0.1, -0.05) is 43.3 Å². The highest BCUT2D eigenvalue weighted by molar-refractivity contribution is 5.14. The Hall–Kier alpha value is -1.08. The maximum atomic E-state index is 9.51. The van der Waals surface area contributed by atoms with Gasteiger partial charge in [0.15, 0.2) is 0 Å². The van der Waals surface area contributed by atoms with Gasteiger partial charge in [-0.05, 0) is 30.7 Å². The minimum Gasteiger partial charge on any atom is -0.389 e. The summed E-state index contributed by atoms with van der Waals surface area (Å²) in [6.45, 7) is 5.66. The van der Waals surface area contributed by atoms with Gasteiger partial charge in [-0.25, -0.2) is 0 Å². The van der Waals surface area contributed by atoms with Crippen molar-refractivity contribution in [3.63, 3.8) is 0 Å². The van der Waals surface area contributed by atoms with Crippen molar-refractivity contribution in [3.05, 3.63) is 48.6 Å². The van der Waals surface area contributed by atoms with Gasteiger partial charge >= 0.3 is 0 Å². The van der Waals surface area contributed by atoms with Crippen molar-refractivity contribution in [3.8, 4) is 0 Å². The summed E-state index contributed by atoms with van der Waals surface area (Å²) >= 11 is 0. The predicted molar refractivity (Wildman–Crippen MR) is 64.7 cm³/mol. The minimum atomic E-state index is -0.360. The molecule has 1 aromatic rings. The lowest BCUT2D eigenvalue weighted by molar-refractivity contribution is 0.155. The van der Waals surface area contributed by atoms with Crippen molar-refractivity contribution in [2.75, 3.05) is 0 Å². The summed E-state index contributed by atoms with van der Waals surface area (Å²) < 4.78 is 0. The van der Waals surface area contributed by atoms with Crippen molar-refractivity contribution in [1.82, 2.24) is 0 Å². The number of aryl methyl sites for hydroxylation is 1. The average Bonchev–Trinajstić information content (AvgIpc) is 2.29. The molecule has 1 aromatic carbocycles. The Labute approximate surface area is 92.5 Å². The molecule has 0 radical (unpaired) electrons. The van der Waals surface area contributed by atoms with Crippen LogP contribution in [0.2, 0.25) is 0 Å². The van der Waals surface area contributed by atoms with Crippen molar-refractivity contribution in [2.24, 2.45) is 5.92 Å². The van der Waals surface area contributed by atoms with Gasteiger partial charge in [0.2, 0.25) is 0 Å². The van der Waals surface area contributed by atoms with Crippen LogP contribution in [0.25, 0.3) is 0 Å². The van der Waals surface area contributed by atoms with E-state index in [1.54, 1.807) is 6.08 Å². The van der Waals surface area contributed by atoms with Crippen molar-refractivity contribution >= 4 is 0 Å². The van der Waals surface area contributed by atoms with Crippen LogP contribution in [0, 0.1) is 5.92 Å². The highest BCUT2D eigenvalue weighted by Crippen LogP contribution is 2.14. The molecule has 1 nitrogen and oxygen atoms in total. The molecule has 15 heavy (non-hydrogen) atoms. The second kappa shape index (κ2) is 6.41. The van der Waals surface area contributed by atoms with Gasteiger partial charge in [0.1, 0.15) is 0 Å². The van der Waals surface area contributed by atoms with E-state index in [-0.39, 0.29) is 6.10 Å². The number of rotatable bonds is 6. The van der Waals surface area contributed by atoms with E-state index in [9.17, 15) is 5.11 Å². The molecule has 1 heteroatoms. The van der Waals surface area contributed by atoms with E-state index in [0.717, 1.165) is 19.3 Å². The Morgan fingerprint density at radius 3 is 2.60 bits per heavy atom. The number of hydrogen-bond acceptors (Lipinski definition) is 1. The van der Waals surface area contributed by atoms with Gasteiger partial charge in [0.25, 0.3) is 0 Å². The Morgan fingerprint density at radius 1 is 1.33 bits per heavy atom. The summed E-state index contributed by atoms with van der Waals surface area (Å²) in [5.41, 5.74) is 1.37. The average molecular weight is 204 g/mol. The van der Waals surface area contributed by atoms with Crippen molar-refractivity contribution < 1.29 is 5.11 Å². The van der Waals surface area contributed by atoms with Crippen LogP contribution < -0.4 is 0 Å². The third-order valence-electron chi connectivity index (χ3n) is 2.79. The van der Waals surface area contributed by atoms with Gasteiger partial charge in [0.05, 0.1) is 6.10 Å². The zero-order chi connectivity index (χ0) is 11.1. The standard InChI is InChI=1S/C14H20O/c1-3-14(15)12(2)8-7-11-13-9-5-4-6-10-13/h3-6,9-10,12,14-15H,1,7-8,11H2,2H3/t12-,14+/m1/s1. The molecular weight excluding hydrogens is 184 g/mol. The van der Waals surface area contributed by atoms with Gasteiger partial charge in [0, 0.05) is 0 Å². The molecule has 0 aliphatic rings. The maximum absolute atomic E-state index is 9.51. The molecule has 0 aliphatic heterocycles. The Morgan fingerprint density at radius 2 is 2.00 bits per heavy atom. The van der Waals surface area contributed by atoms with Crippen LogP contribution in [0.4, 0.5) is 0 Å². The molecule has 1 rings (SSSR count). The Kier molecular flexibility index (Phi) is 5.13. The van der Waals surface area contributed by atoms with Crippen LogP contribution in [0.5, 0.6) is 0 Å². The van der Waals surface area contributed by atoms with Crippen LogP contribution in [-0.2, 0) is 6.42 Å². The monoisotopic (exact) mass is 204 g/mol. The fraction of sp³-hybridized carbons (Fsp3) is 0.429. The molecule has 2 atom stereocenters. The zero-order valence-corrected chi connectivity index (χ0v) is 9.39. The van der Waals surface area contributed by atoms with Gasteiger partial charge in [-0.15, -0.1) is 6.58 Å². The molecule has 1 N–H and O–H groups in total. The molecule has 0 aliphatic carbocycles. The molecule has 0 unspecified atom stereocenters. The topological polar surface area (TPSA) is 20.2 Å². The normalized spacial score (nSPS) is 14.5. The molecule has 0 spiro atoms. The van der Waals surface area contributed by atoms with Gasteiger partial charge in [-0.3, -0.25) is 0 Å². The molecule has 0 heterocycles. The zero-order valence-electron chi connectivity index (χ0n) is 9.39. The number of aliphatic hydroxyl groups is 1. The van der Waals surface area contributed by atoms with E-state index in [1.165, 1.54) is 5.56 Å². The first kappa shape index (κ1) is 12.0. The van der Waals surface area contributed by atoms with E-state index >= 15 is 0 Å². The summed E-state index contributed by atoms with van der Waals surface area (Å²) in [5.74, 6) is 0.311. The lowest BCUT2D eigenvalue weighted by Crippen LogP contribution is -2.14. The third-order valence-corrected chi connectivity index (χ3v) is 2.79. The molecule has 0 saturated carbocycles. The fourth-order valence-corrected chi connectivity index (χ4v) is 1.68. The molecule has 82 valence electrons. The largest absolute Gasteiger partial charge is 0.389 e. The summed E-state index contributed by atoms with van der Waals surface area (Å²) in [6.07, 6.45) is 4.51. The molecule has 0 saturated heterocycles. The Balaban J connectivity index is 2.25. The number of aliphatic hydroxyl groups excluding tert-OH is 1. The van der Waals surface area contributed by atoms with Gasteiger partial charge < -0.3 is 5.11 Å². The fourth-order valence-electron chi connectivity index (χ4n) is 1.68. The molecule has 0 aromatic heterocycles. The van der Waals surface area contributed by atoms with E-state index in [2.05, 4.69) is 37.8 Å². The van der Waals surface area contributed by atoms with Crippen molar-refractivity contribution in [1.29, 1.82) is 0 Å². The van der Waals surface area contributed by atoms with Gasteiger partial charge in [-0.2, -0.15) is 0 Å². The quantitative estimate of drug-likeness (QED) is 0.705. The first-order chi connectivity index (χ1) is 7.24. The smallest absolute Gasteiger partial charge is 0.0743 e. The summed E-state index contributed by atoms with van der Waals surface area (Å²) in [5, 5.41) is 9.51. The summed E-state index contributed by atoms with van der Waals surface area (Å²) in [6, 6.07) is 10.5. The van der Waals surface area contributed by atoms with E-state index in [0.29, 0.717) is 5.92 Å². The van der Waals surface area contributed by atoms with Crippen LogP contribution in [0.3, 0.4) is 0 Å². The van der Waals surface area contributed by atoms with Crippen molar-refractivity contribution in [2.45, 2.75) is 32.3 Å². The first-order valence-electron chi connectivity index (χ1n) is 5.58. The summed E-state index contributed by atoms with van der Waals surface area (Å²) in [7, 11) is 0. The Bertz CT molecular complexity index is 279. The summed E-state index contributed by atoms with van der Waals surface area (Å²) in [4.78, 5) is 0. The van der Waals surface area contributed by atoms with Crippen LogP contribution in [0.1, 0.15) is 25.3 Å². The third kappa shape index (κ3) is 4.30. The van der Waals surface area contributed by atoms with E-state index in [4.69, 9.17) is 0 Å². The second-order valence-corrected chi connectivity index (χ2v) is 4.08. The second-order valence-electron chi connectivity index (χ2n) is 4.08. The first-order valence-corrected chi connectivity index (χ1v) is 5.58. The molecule has 0 bridgehead atoms. The molecule has 0 fully saturated rings. The van der Waals surface area contributed by atoms with E-state index in [1.807, 2.05) is 6.07 Å². The lowest BCUT2D eigenvalue weighted by atomic mass is 9.96. The minimum absolute atomic E-state index is 0.311. The van der Waals surface area contributed by atoms with Crippen LogP contribution in [0.15, 0.2) is 43.0 Å². The van der Waals surface area contributed by atoms with Crippen LogP contribution >= 0.6 is 0 Å². The lowest BCUT2D eigenvalue weighted by Gasteiger charge is -2.14. The number of hydrogen-bond donors (Lipinski definition) is 1. The van der Waals surface area contributed by atoms with Crippen LogP contribution in [-0.4, -0.2) is 11.2 Å². The molecular formula is C14H20O. The SMILES string of the molecule is C=C[C@H](O)[C@H](C)CCCc1ccccc1. The maximum Gasteiger partial charge on any atom is 0.0743 e. The predicted octanol–water partition coefficient (Wildman–Crippen LogP) is 3.19. The highest BCUT2D eigenvalue weighted by Gasteiger charge is 2.09. The number of benzene rings is 1. The van der Waals surface area contributed by atoms with E-state index < -0.39 is 0 Å². The highest BCUT2D eigenvalue weighted by atomic mass is 16.3. The molecule has 0 amide bonds.